The lowest BCUT2D eigenvalue weighted by atomic mass is 9.42. The molecule has 3 saturated carbocycles. The number of rotatable bonds is 6. The highest BCUT2D eigenvalue weighted by Crippen LogP contribution is 2.69. The molecule has 8 heteroatoms. The first kappa shape index (κ1) is 29.7. The van der Waals surface area contributed by atoms with Crippen molar-refractivity contribution in [3.63, 3.8) is 0 Å². The first-order valence-corrected chi connectivity index (χ1v) is 14.3. The third-order valence-corrected chi connectivity index (χ3v) is 11.2. The number of allylic oxidation sites excluding steroid dienone is 2. The molecule has 12 atom stereocenters. The smallest absolute Gasteiger partial charge is 0.303 e. The molecule has 216 valence electrons. The maximum atomic E-state index is 12.7. The molecule has 0 aliphatic heterocycles. The van der Waals surface area contributed by atoms with Crippen molar-refractivity contribution in [2.75, 3.05) is 6.61 Å². The van der Waals surface area contributed by atoms with Gasteiger partial charge in [0.1, 0.15) is 23.4 Å². The fourth-order valence-corrected chi connectivity index (χ4v) is 8.63. The molecular weight excluding hydrogens is 488 g/mol. The number of fused-ring (bicyclic) bond motifs is 5. The van der Waals surface area contributed by atoms with Gasteiger partial charge in [-0.05, 0) is 66.3 Å². The topological polar surface area (TPSA) is 148 Å². The second-order valence-electron chi connectivity index (χ2n) is 13.4. The van der Waals surface area contributed by atoms with E-state index in [9.17, 15) is 35.4 Å². The van der Waals surface area contributed by atoms with Crippen LogP contribution in [-0.4, -0.2) is 78.8 Å². The molecule has 0 aromatic rings. The normalized spacial score (nSPS) is 48.2. The van der Waals surface area contributed by atoms with E-state index >= 15 is 0 Å². The molecule has 4 aliphatic rings. The summed E-state index contributed by atoms with van der Waals surface area (Å²) < 4.78 is 5.82. The van der Waals surface area contributed by atoms with E-state index in [4.69, 9.17) is 4.74 Å². The first-order valence-electron chi connectivity index (χ1n) is 14.3. The Morgan fingerprint density at radius 3 is 2.26 bits per heavy atom. The second-order valence-corrected chi connectivity index (χ2v) is 13.4. The lowest BCUT2D eigenvalue weighted by Gasteiger charge is -2.67. The van der Waals surface area contributed by atoms with Gasteiger partial charge in [-0.25, -0.2) is 0 Å². The summed E-state index contributed by atoms with van der Waals surface area (Å²) in [7, 11) is 0. The van der Waals surface area contributed by atoms with Crippen LogP contribution in [0.1, 0.15) is 73.6 Å². The molecule has 38 heavy (non-hydrogen) atoms. The molecule has 6 N–H and O–H groups in total. The van der Waals surface area contributed by atoms with Gasteiger partial charge in [-0.2, -0.15) is 0 Å². The van der Waals surface area contributed by atoms with E-state index in [0.29, 0.717) is 23.8 Å². The first-order chi connectivity index (χ1) is 17.6. The van der Waals surface area contributed by atoms with Crippen LogP contribution in [-0.2, 0) is 9.53 Å². The lowest BCUT2D eigenvalue weighted by molar-refractivity contribution is -0.312. The summed E-state index contributed by atoms with van der Waals surface area (Å²) in [5.74, 6) is 0.605. The fraction of sp³-hybridized carbons (Fsp3) is 0.833. The van der Waals surface area contributed by atoms with Crippen LogP contribution >= 0.6 is 0 Å². The van der Waals surface area contributed by atoms with Gasteiger partial charge < -0.3 is 35.4 Å². The summed E-state index contributed by atoms with van der Waals surface area (Å²) in [4.78, 5) is 12.4. The third-order valence-electron chi connectivity index (χ3n) is 11.2. The Balaban J connectivity index is 1.84. The summed E-state index contributed by atoms with van der Waals surface area (Å²) in [6, 6.07) is 0. The van der Waals surface area contributed by atoms with Crippen molar-refractivity contribution in [2.45, 2.75) is 109 Å². The van der Waals surface area contributed by atoms with E-state index in [1.165, 1.54) is 13.0 Å². The molecule has 4 aliphatic carbocycles. The zero-order valence-corrected chi connectivity index (χ0v) is 23.7. The van der Waals surface area contributed by atoms with Crippen molar-refractivity contribution in [1.82, 2.24) is 0 Å². The zero-order chi connectivity index (χ0) is 28.4. The number of ether oxygens (including phenoxy) is 1. The predicted molar refractivity (Wildman–Crippen MR) is 142 cm³/mol. The highest BCUT2D eigenvalue weighted by Gasteiger charge is 2.77. The van der Waals surface area contributed by atoms with Gasteiger partial charge in [-0.15, -0.1) is 0 Å². The highest BCUT2D eigenvalue weighted by molar-refractivity contribution is 5.66. The Hall–Kier alpha value is -1.29. The number of esters is 1. The van der Waals surface area contributed by atoms with Crippen LogP contribution in [0.4, 0.5) is 0 Å². The molecule has 8 nitrogen and oxygen atoms in total. The average Bonchev–Trinajstić information content (AvgIpc) is 3.17. The van der Waals surface area contributed by atoms with E-state index < -0.39 is 60.0 Å². The van der Waals surface area contributed by atoms with Gasteiger partial charge in [-0.3, -0.25) is 4.79 Å². The quantitative estimate of drug-likeness (QED) is 0.223. The monoisotopic (exact) mass is 536 g/mol. The minimum atomic E-state index is -2.13. The molecule has 12 unspecified atom stereocenters. The largest absolute Gasteiger partial charge is 0.459 e. The van der Waals surface area contributed by atoms with Crippen molar-refractivity contribution in [3.05, 3.63) is 23.8 Å². The third kappa shape index (κ3) is 4.05. The van der Waals surface area contributed by atoms with E-state index in [0.717, 1.165) is 12.8 Å². The summed E-state index contributed by atoms with van der Waals surface area (Å²) >= 11 is 0. The molecule has 0 aromatic heterocycles. The molecule has 0 radical (unpaired) electrons. The standard InChI is InChI=1S/C30H48O8/c1-16(2)17(3)7-8-18(4)20-9-10-21-22-11-25(35)29(36)13-24(34)23(33)12-28(29,15-31)30(22,37)26(38-19(5)32)14-27(20,21)6/h7-8,11,16-18,20-21,23-26,31,33-37H,9-10,12-15H2,1-6H3. The summed E-state index contributed by atoms with van der Waals surface area (Å²) in [6.45, 7) is 11.4. The molecule has 0 bridgehead atoms. The number of hydrogen-bond acceptors (Lipinski definition) is 8. The minimum Gasteiger partial charge on any atom is -0.459 e. The molecule has 4 rings (SSSR count). The Labute approximate surface area is 226 Å². The Bertz CT molecular complexity index is 977. The van der Waals surface area contributed by atoms with Crippen LogP contribution in [0, 0.1) is 40.4 Å². The lowest BCUT2D eigenvalue weighted by Crippen LogP contribution is -2.80. The van der Waals surface area contributed by atoms with Gasteiger partial charge in [-0.1, -0.05) is 52.8 Å². The molecule has 3 fully saturated rings. The van der Waals surface area contributed by atoms with Gasteiger partial charge in [0.2, 0.25) is 0 Å². The maximum Gasteiger partial charge on any atom is 0.303 e. The highest BCUT2D eigenvalue weighted by atomic mass is 16.6. The van der Waals surface area contributed by atoms with Gasteiger partial charge in [0.25, 0.3) is 0 Å². The van der Waals surface area contributed by atoms with Crippen LogP contribution in [0.15, 0.2) is 23.8 Å². The van der Waals surface area contributed by atoms with E-state index in [1.54, 1.807) is 0 Å². The number of aliphatic hydroxyl groups excluding tert-OH is 4. The van der Waals surface area contributed by atoms with Crippen LogP contribution in [0.5, 0.6) is 0 Å². The fourth-order valence-electron chi connectivity index (χ4n) is 8.63. The van der Waals surface area contributed by atoms with Crippen molar-refractivity contribution in [1.29, 1.82) is 0 Å². The van der Waals surface area contributed by atoms with Gasteiger partial charge in [0.05, 0.1) is 24.2 Å². The van der Waals surface area contributed by atoms with E-state index in [-0.39, 0.29) is 29.6 Å². The number of aliphatic hydroxyl groups is 6. The minimum absolute atomic E-state index is 0.186. The number of carbonyl (C=O) groups excluding carboxylic acids is 1. The van der Waals surface area contributed by atoms with Crippen LogP contribution in [0.3, 0.4) is 0 Å². The maximum absolute atomic E-state index is 12.7. The van der Waals surface area contributed by atoms with Crippen molar-refractivity contribution in [2.24, 2.45) is 40.4 Å². The summed E-state index contributed by atoms with van der Waals surface area (Å²) in [5, 5.41) is 67.7. The van der Waals surface area contributed by atoms with Crippen molar-refractivity contribution < 1.29 is 40.2 Å². The molecule has 0 heterocycles. The second kappa shape index (κ2) is 9.96. The summed E-state index contributed by atoms with van der Waals surface area (Å²) in [6.07, 6.45) is 1.82. The molecule has 0 spiro atoms. The van der Waals surface area contributed by atoms with Crippen LogP contribution < -0.4 is 0 Å². The van der Waals surface area contributed by atoms with Gasteiger partial charge >= 0.3 is 5.97 Å². The van der Waals surface area contributed by atoms with Crippen molar-refractivity contribution in [3.8, 4) is 0 Å². The van der Waals surface area contributed by atoms with Crippen LogP contribution in [0.2, 0.25) is 0 Å². The zero-order valence-electron chi connectivity index (χ0n) is 23.7. The van der Waals surface area contributed by atoms with Gasteiger partial charge in [0, 0.05) is 13.3 Å². The van der Waals surface area contributed by atoms with Crippen molar-refractivity contribution >= 4 is 5.97 Å². The van der Waals surface area contributed by atoms with E-state index in [2.05, 4.69) is 46.8 Å². The summed E-state index contributed by atoms with van der Waals surface area (Å²) in [5.41, 5.74) is -5.94. The Morgan fingerprint density at radius 1 is 1.05 bits per heavy atom. The van der Waals surface area contributed by atoms with Crippen LogP contribution in [0.25, 0.3) is 0 Å². The Kier molecular flexibility index (Phi) is 7.78. The molecule has 0 aromatic carbocycles. The SMILES string of the molecule is CC(=O)OC1CC2(C)C(CCC2C(C)C=CC(C)C(C)C)C2=CC(O)C3(O)CC(O)C(O)CC3(CO)C21O. The number of hydrogen-bond donors (Lipinski definition) is 6. The predicted octanol–water partition coefficient (Wildman–Crippen LogP) is 2.10. The molecular formula is C30H48O8. The van der Waals surface area contributed by atoms with E-state index in [1.807, 2.05) is 0 Å². The molecule has 0 amide bonds. The average molecular weight is 537 g/mol. The van der Waals surface area contributed by atoms with Gasteiger partial charge in [0.15, 0.2) is 0 Å². The number of carbonyl (C=O) groups is 1. The molecule has 0 saturated heterocycles. The Morgan fingerprint density at radius 2 is 1.68 bits per heavy atom.